The Labute approximate surface area is 113 Å². The molecule has 0 radical (unpaired) electrons. The van der Waals surface area contributed by atoms with Gasteiger partial charge in [0.2, 0.25) is 18.2 Å². The Balaban J connectivity index is 2.29. The maximum Gasteiger partial charge on any atom is 0.229 e. The Morgan fingerprint density at radius 3 is 1.79 bits per heavy atom. The molecule has 0 saturated carbocycles. The summed E-state index contributed by atoms with van der Waals surface area (Å²) >= 11 is 0. The molecule has 2 aliphatic heterocycles. The van der Waals surface area contributed by atoms with Gasteiger partial charge in [-0.05, 0) is 40.5 Å². The zero-order valence-corrected chi connectivity index (χ0v) is 12.1. The lowest BCUT2D eigenvalue weighted by Crippen LogP contribution is -2.64. The first-order valence-corrected chi connectivity index (χ1v) is 6.79. The second-order valence-electron chi connectivity index (χ2n) is 6.82. The van der Waals surface area contributed by atoms with E-state index in [1.807, 2.05) is 32.6 Å². The minimum Gasteiger partial charge on any atom is -0.335 e. The molecule has 0 aromatic carbocycles. The topological polar surface area (TPSA) is 57.7 Å². The van der Waals surface area contributed by atoms with Gasteiger partial charge in [-0.15, -0.1) is 0 Å². The van der Waals surface area contributed by atoms with Crippen LogP contribution in [-0.2, 0) is 14.4 Å². The van der Waals surface area contributed by atoms with Crippen LogP contribution in [-0.4, -0.2) is 45.1 Å². The van der Waals surface area contributed by atoms with Crippen LogP contribution in [0.4, 0.5) is 0 Å². The molecule has 0 bridgehead atoms. The number of carbonyl (C=O) groups excluding carboxylic acids is 3. The molecule has 3 amide bonds. The van der Waals surface area contributed by atoms with E-state index in [1.54, 1.807) is 0 Å². The molecule has 0 unspecified atom stereocenters. The monoisotopic (exact) mass is 266 g/mol. The molecule has 0 spiro atoms. The van der Waals surface area contributed by atoms with Gasteiger partial charge in [-0.2, -0.15) is 0 Å². The van der Waals surface area contributed by atoms with Crippen molar-refractivity contribution in [3.8, 4) is 0 Å². The van der Waals surface area contributed by atoms with Gasteiger partial charge in [0.05, 0.1) is 0 Å². The normalized spacial score (nSPS) is 26.9. The SMILES string of the molecule is CC1(C)CC(N2C(=O)CCC2=O)CC(C)(C)N1C=O. The molecule has 0 aliphatic carbocycles. The lowest BCUT2D eigenvalue weighted by molar-refractivity contribution is -0.149. The van der Waals surface area contributed by atoms with Gasteiger partial charge in [0, 0.05) is 30.0 Å². The number of carbonyl (C=O) groups is 3. The molecule has 2 fully saturated rings. The van der Waals surface area contributed by atoms with Crippen LogP contribution in [0.5, 0.6) is 0 Å². The zero-order chi connectivity index (χ0) is 14.4. The van der Waals surface area contributed by atoms with Crippen LogP contribution in [0.2, 0.25) is 0 Å². The number of rotatable bonds is 2. The van der Waals surface area contributed by atoms with Crippen molar-refractivity contribution >= 4 is 18.2 Å². The van der Waals surface area contributed by atoms with Crippen molar-refractivity contribution in [1.29, 1.82) is 0 Å². The molecular formula is C14H22N2O3. The Hall–Kier alpha value is -1.39. The Morgan fingerprint density at radius 2 is 1.42 bits per heavy atom. The average Bonchev–Trinajstić information content (AvgIpc) is 2.55. The highest BCUT2D eigenvalue weighted by Gasteiger charge is 2.49. The van der Waals surface area contributed by atoms with Crippen molar-refractivity contribution in [2.75, 3.05) is 0 Å². The lowest BCUT2D eigenvalue weighted by atomic mass is 9.77. The third kappa shape index (κ3) is 2.26. The number of piperidine rings is 1. The van der Waals surface area contributed by atoms with Gasteiger partial charge >= 0.3 is 0 Å². The summed E-state index contributed by atoms with van der Waals surface area (Å²) < 4.78 is 0. The van der Waals surface area contributed by atoms with Crippen molar-refractivity contribution in [2.24, 2.45) is 0 Å². The zero-order valence-electron chi connectivity index (χ0n) is 12.1. The molecular weight excluding hydrogens is 244 g/mol. The molecule has 0 aromatic heterocycles. The van der Waals surface area contributed by atoms with Crippen LogP contribution in [0.15, 0.2) is 0 Å². The molecule has 0 N–H and O–H groups in total. The molecule has 2 rings (SSSR count). The van der Waals surface area contributed by atoms with E-state index < -0.39 is 0 Å². The summed E-state index contributed by atoms with van der Waals surface area (Å²) in [6, 6.07) is -0.0938. The highest BCUT2D eigenvalue weighted by Crippen LogP contribution is 2.40. The molecule has 5 nitrogen and oxygen atoms in total. The van der Waals surface area contributed by atoms with E-state index in [-0.39, 0.29) is 28.9 Å². The van der Waals surface area contributed by atoms with Crippen LogP contribution < -0.4 is 0 Å². The minimum absolute atomic E-state index is 0.0684. The second-order valence-corrected chi connectivity index (χ2v) is 6.82. The van der Waals surface area contributed by atoms with Crippen LogP contribution in [0.3, 0.4) is 0 Å². The molecule has 5 heteroatoms. The van der Waals surface area contributed by atoms with Crippen molar-refractivity contribution in [1.82, 2.24) is 9.80 Å². The van der Waals surface area contributed by atoms with Crippen molar-refractivity contribution in [3.05, 3.63) is 0 Å². The standard InChI is InChI=1S/C14H22N2O3/c1-13(2)7-10(8-14(3,4)15(13)9-17)16-11(18)5-6-12(16)19/h9-10H,5-8H2,1-4H3. The molecule has 106 valence electrons. The van der Waals surface area contributed by atoms with Crippen LogP contribution in [0.25, 0.3) is 0 Å². The maximum atomic E-state index is 11.9. The predicted octanol–water partition coefficient (Wildman–Crippen LogP) is 1.31. The summed E-state index contributed by atoms with van der Waals surface area (Å²) in [5.74, 6) is -0.137. The lowest BCUT2D eigenvalue weighted by Gasteiger charge is -2.54. The van der Waals surface area contributed by atoms with Gasteiger partial charge in [0.1, 0.15) is 0 Å². The maximum absolute atomic E-state index is 11.9. The van der Waals surface area contributed by atoms with E-state index in [9.17, 15) is 14.4 Å². The molecule has 2 aliphatic rings. The van der Waals surface area contributed by atoms with Gasteiger partial charge in [0.25, 0.3) is 0 Å². The summed E-state index contributed by atoms with van der Waals surface area (Å²) in [5.41, 5.74) is -0.700. The number of hydrogen-bond donors (Lipinski definition) is 0. The van der Waals surface area contributed by atoms with E-state index in [0.717, 1.165) is 6.41 Å². The fourth-order valence-corrected chi connectivity index (χ4v) is 3.71. The van der Waals surface area contributed by atoms with Gasteiger partial charge in [0.15, 0.2) is 0 Å². The third-order valence-electron chi connectivity index (χ3n) is 4.34. The van der Waals surface area contributed by atoms with E-state index in [2.05, 4.69) is 0 Å². The second kappa shape index (κ2) is 4.32. The predicted molar refractivity (Wildman–Crippen MR) is 70.2 cm³/mol. The van der Waals surface area contributed by atoms with Gasteiger partial charge < -0.3 is 4.90 Å². The largest absolute Gasteiger partial charge is 0.335 e. The van der Waals surface area contributed by atoms with E-state index in [4.69, 9.17) is 0 Å². The highest BCUT2D eigenvalue weighted by atomic mass is 16.2. The number of hydrogen-bond acceptors (Lipinski definition) is 3. The van der Waals surface area contributed by atoms with Crippen LogP contribution in [0.1, 0.15) is 53.4 Å². The molecule has 2 heterocycles. The van der Waals surface area contributed by atoms with Crippen molar-refractivity contribution < 1.29 is 14.4 Å². The number of nitrogens with zero attached hydrogens (tertiary/aromatic N) is 2. The summed E-state index contributed by atoms with van der Waals surface area (Å²) in [4.78, 5) is 38.3. The third-order valence-corrected chi connectivity index (χ3v) is 4.34. The first-order valence-electron chi connectivity index (χ1n) is 6.79. The van der Waals surface area contributed by atoms with Gasteiger partial charge in [-0.25, -0.2) is 0 Å². The van der Waals surface area contributed by atoms with Gasteiger partial charge in [-0.3, -0.25) is 19.3 Å². The summed E-state index contributed by atoms with van der Waals surface area (Å²) in [5, 5.41) is 0. The molecule has 0 atom stereocenters. The molecule has 2 saturated heterocycles. The molecule has 0 aromatic rings. The van der Waals surface area contributed by atoms with E-state index in [1.165, 1.54) is 4.90 Å². The quantitative estimate of drug-likeness (QED) is 0.559. The first kappa shape index (κ1) is 14.0. The number of imide groups is 1. The highest BCUT2D eigenvalue weighted by molar-refractivity contribution is 6.02. The summed E-state index contributed by atoms with van der Waals surface area (Å²) in [6.45, 7) is 7.95. The minimum atomic E-state index is -0.350. The Kier molecular flexibility index (Phi) is 3.19. The van der Waals surface area contributed by atoms with Crippen molar-refractivity contribution in [2.45, 2.75) is 70.5 Å². The Morgan fingerprint density at radius 1 is 1.00 bits per heavy atom. The average molecular weight is 266 g/mol. The van der Waals surface area contributed by atoms with E-state index in [0.29, 0.717) is 25.7 Å². The Bertz CT molecular complexity index is 394. The number of amides is 3. The van der Waals surface area contributed by atoms with Crippen LogP contribution >= 0.6 is 0 Å². The number of likely N-dealkylation sites (tertiary alicyclic amines) is 2. The van der Waals surface area contributed by atoms with E-state index >= 15 is 0 Å². The molecule has 19 heavy (non-hydrogen) atoms. The fourth-order valence-electron chi connectivity index (χ4n) is 3.71. The summed E-state index contributed by atoms with van der Waals surface area (Å²) in [6.07, 6.45) is 2.82. The summed E-state index contributed by atoms with van der Waals surface area (Å²) in [7, 11) is 0. The fraction of sp³-hybridized carbons (Fsp3) is 0.786. The van der Waals surface area contributed by atoms with Crippen LogP contribution in [0, 0.1) is 0 Å². The van der Waals surface area contributed by atoms with Crippen molar-refractivity contribution in [3.63, 3.8) is 0 Å². The smallest absolute Gasteiger partial charge is 0.229 e. The van der Waals surface area contributed by atoms with Gasteiger partial charge in [-0.1, -0.05) is 0 Å². The first-order chi connectivity index (χ1) is 8.69.